The summed E-state index contributed by atoms with van der Waals surface area (Å²) in [5, 5.41) is 18.3. The maximum Gasteiger partial charge on any atom is 0.332 e. The minimum absolute atomic E-state index is 0.0292. The lowest BCUT2D eigenvalue weighted by atomic mass is 9.82. The first-order valence-corrected chi connectivity index (χ1v) is 22.7. The molecular weight excluding hydrogens is 811 g/mol. The second-order valence-corrected chi connectivity index (χ2v) is 19.0. The Balaban J connectivity index is 1.32. The molecule has 336 valence electrons. The molecule has 3 fully saturated rings. The number of esters is 1. The maximum absolute atomic E-state index is 14.7. The van der Waals surface area contributed by atoms with Crippen molar-refractivity contribution in [2.24, 2.45) is 29.1 Å². The Morgan fingerprint density at radius 2 is 1.68 bits per heavy atom. The van der Waals surface area contributed by atoms with Gasteiger partial charge in [-0.2, -0.15) is 0 Å². The zero-order chi connectivity index (χ0) is 44.9. The number of amides is 4. The van der Waals surface area contributed by atoms with E-state index in [0.717, 1.165) is 37.2 Å². The molecule has 2 aromatic heterocycles. The third kappa shape index (κ3) is 10.3. The summed E-state index contributed by atoms with van der Waals surface area (Å²) in [6, 6.07) is 5.67. The molecule has 3 aromatic rings. The van der Waals surface area contributed by atoms with Crippen LogP contribution in [0.3, 0.4) is 0 Å². The Morgan fingerprint density at radius 3 is 2.29 bits per heavy atom. The Kier molecular flexibility index (Phi) is 14.5. The van der Waals surface area contributed by atoms with E-state index in [1.807, 2.05) is 64.3 Å². The highest BCUT2D eigenvalue weighted by Gasteiger charge is 2.62. The lowest BCUT2D eigenvalue weighted by Gasteiger charge is -2.35. The van der Waals surface area contributed by atoms with Crippen LogP contribution in [0, 0.1) is 29.1 Å². The van der Waals surface area contributed by atoms with Crippen molar-refractivity contribution in [3.05, 3.63) is 42.3 Å². The van der Waals surface area contributed by atoms with Gasteiger partial charge < -0.3 is 40.8 Å². The zero-order valence-corrected chi connectivity index (χ0v) is 38.0. The molecule has 3 aliphatic carbocycles. The van der Waals surface area contributed by atoms with Gasteiger partial charge in [-0.3, -0.25) is 19.2 Å². The fourth-order valence-corrected chi connectivity index (χ4v) is 9.69. The molecule has 5 N–H and O–H groups in total. The number of hydrogen-bond acceptors (Lipinski definition) is 12. The molecule has 7 atom stereocenters. The number of benzene rings is 1. The van der Waals surface area contributed by atoms with Gasteiger partial charge in [0.25, 0.3) is 0 Å². The molecule has 0 aliphatic heterocycles. The van der Waals surface area contributed by atoms with E-state index in [9.17, 15) is 24.0 Å². The van der Waals surface area contributed by atoms with E-state index in [1.54, 1.807) is 27.2 Å². The van der Waals surface area contributed by atoms with Crippen LogP contribution in [0.15, 0.2) is 42.3 Å². The molecule has 15 nitrogen and oxygen atoms in total. The minimum atomic E-state index is -1.29. The molecule has 62 heavy (non-hydrogen) atoms. The number of fused-ring (bicyclic) bond motifs is 1. The number of ether oxygens (including phenoxy) is 3. The van der Waals surface area contributed by atoms with Gasteiger partial charge in [-0.25, -0.2) is 14.8 Å². The average molecular weight is 874 g/mol. The summed E-state index contributed by atoms with van der Waals surface area (Å²) in [6.45, 7) is 15.3. The van der Waals surface area contributed by atoms with E-state index < -0.39 is 64.7 Å². The van der Waals surface area contributed by atoms with Crippen LogP contribution in [-0.4, -0.2) is 90.1 Å². The van der Waals surface area contributed by atoms with Crippen LogP contribution in [0.1, 0.15) is 92.9 Å². The third-order valence-electron chi connectivity index (χ3n) is 12.3. The van der Waals surface area contributed by atoms with Crippen molar-refractivity contribution >= 4 is 57.0 Å². The van der Waals surface area contributed by atoms with E-state index >= 15 is 0 Å². The second-order valence-electron chi connectivity index (χ2n) is 18.2. The number of thiazole rings is 1. The minimum Gasteiger partial charge on any atom is -0.497 e. The lowest BCUT2D eigenvalue weighted by Crippen LogP contribution is -2.60. The summed E-state index contributed by atoms with van der Waals surface area (Å²) >= 11 is 1.46. The van der Waals surface area contributed by atoms with Crippen LogP contribution in [0.5, 0.6) is 11.5 Å². The molecule has 0 spiro atoms. The average Bonchev–Trinajstić information content (AvgIpc) is 3.50. The van der Waals surface area contributed by atoms with Crippen molar-refractivity contribution in [2.45, 2.75) is 123 Å². The first kappa shape index (κ1) is 46.3. The fourth-order valence-electron chi connectivity index (χ4n) is 8.84. The van der Waals surface area contributed by atoms with Crippen LogP contribution in [0.25, 0.3) is 22.3 Å². The summed E-state index contributed by atoms with van der Waals surface area (Å²) in [5.74, 6) is -3.51. The maximum atomic E-state index is 14.7. The number of anilines is 1. The first-order valence-electron chi connectivity index (χ1n) is 21.8. The molecule has 3 aliphatic rings. The standard InChI is InChI=1S/C46H63N7O8S/c1-10-27-23-46(27,43(58)60-11-2)53-40(55)32-20-29(61-36-22-34(35-24-62-44(50-35)48-25(3)4)49-33-21-28(59-9)17-18-30(33)36)19-31(32)39(54)52-38(45(5,6)7)42(57)51-37(41(56)47-8)26-15-13-12-14-16-26/h10,17-18,21-22,24-27,29,31-32,37-38H,1,11-16,19-20,23H2,2-9H3,(H,47,56)(H,48,50)(H,51,57)(H,52,54)(H,53,55)/t27-,29+,31-,32-,37+,38-,46-/m1/s1. The third-order valence-corrected chi connectivity index (χ3v) is 13.1. The number of carbonyl (C=O) groups is 5. The predicted molar refractivity (Wildman–Crippen MR) is 239 cm³/mol. The molecule has 0 bridgehead atoms. The molecule has 2 heterocycles. The van der Waals surface area contributed by atoms with Crippen LogP contribution in [0.2, 0.25) is 0 Å². The first-order chi connectivity index (χ1) is 29.5. The lowest BCUT2D eigenvalue weighted by molar-refractivity contribution is -0.150. The summed E-state index contributed by atoms with van der Waals surface area (Å²) in [7, 11) is 3.13. The van der Waals surface area contributed by atoms with Gasteiger partial charge in [0.05, 0.1) is 36.8 Å². The van der Waals surface area contributed by atoms with E-state index in [-0.39, 0.29) is 43.2 Å². The SMILES string of the molecule is C=C[C@@H]1C[C@]1(NC(=O)[C@@H]1C[C@@H](Oc2cc(-c3csc(NC(C)C)n3)nc3cc(OC)ccc23)C[C@H]1C(=O)N[C@H](C(=O)N[C@H](C(=O)NC)C1CCCCC1)C(C)(C)C)C(=O)OCC. The normalized spacial score (nSPS) is 23.4. The van der Waals surface area contributed by atoms with Crippen molar-refractivity contribution < 1.29 is 38.2 Å². The van der Waals surface area contributed by atoms with Crippen molar-refractivity contribution in [3.8, 4) is 22.9 Å². The molecule has 4 amide bonds. The highest BCUT2D eigenvalue weighted by molar-refractivity contribution is 7.14. The summed E-state index contributed by atoms with van der Waals surface area (Å²) in [4.78, 5) is 79.5. The van der Waals surface area contributed by atoms with Gasteiger partial charge in [-0.05, 0) is 76.3 Å². The van der Waals surface area contributed by atoms with Gasteiger partial charge in [0, 0.05) is 41.9 Å². The largest absolute Gasteiger partial charge is 0.497 e. The molecule has 16 heteroatoms. The molecular formula is C46H63N7O8S. The van der Waals surface area contributed by atoms with Crippen LogP contribution < -0.4 is 36.1 Å². The smallest absolute Gasteiger partial charge is 0.332 e. The summed E-state index contributed by atoms with van der Waals surface area (Å²) < 4.78 is 17.7. The molecule has 0 saturated heterocycles. The van der Waals surface area contributed by atoms with Crippen LogP contribution in [0.4, 0.5) is 5.13 Å². The molecule has 6 rings (SSSR count). The van der Waals surface area contributed by atoms with Gasteiger partial charge >= 0.3 is 5.97 Å². The topological polar surface area (TPSA) is 199 Å². The number of pyridine rings is 1. The van der Waals surface area contributed by atoms with E-state index in [4.69, 9.17) is 24.2 Å². The van der Waals surface area contributed by atoms with Gasteiger partial charge in [0.15, 0.2) is 5.13 Å². The number of methoxy groups -OCH3 is 1. The van der Waals surface area contributed by atoms with Crippen LogP contribution >= 0.6 is 11.3 Å². The van der Waals surface area contributed by atoms with Gasteiger partial charge in [0.1, 0.15) is 40.9 Å². The van der Waals surface area contributed by atoms with Crippen molar-refractivity contribution in [1.82, 2.24) is 31.2 Å². The summed E-state index contributed by atoms with van der Waals surface area (Å²) in [6.07, 6.45) is 6.20. The highest BCUT2D eigenvalue weighted by atomic mass is 32.1. The number of carbonyl (C=O) groups excluding carboxylic acids is 5. The van der Waals surface area contributed by atoms with E-state index in [2.05, 4.69) is 33.2 Å². The van der Waals surface area contributed by atoms with Gasteiger partial charge in [-0.15, -0.1) is 17.9 Å². The van der Waals surface area contributed by atoms with Crippen molar-refractivity contribution in [3.63, 3.8) is 0 Å². The Bertz CT molecular complexity index is 2150. The number of hydrogen-bond donors (Lipinski definition) is 5. The van der Waals surface area contributed by atoms with Gasteiger partial charge in [-0.1, -0.05) is 46.1 Å². The second kappa shape index (κ2) is 19.4. The van der Waals surface area contributed by atoms with Gasteiger partial charge in [0.2, 0.25) is 23.6 Å². The number of rotatable bonds is 17. The Morgan fingerprint density at radius 1 is 0.968 bits per heavy atom. The summed E-state index contributed by atoms with van der Waals surface area (Å²) in [5.41, 5.74) is -0.250. The predicted octanol–water partition coefficient (Wildman–Crippen LogP) is 5.93. The number of likely N-dealkylation sites (N-methyl/N-ethyl adjacent to an activating group) is 1. The van der Waals surface area contributed by atoms with Crippen molar-refractivity contribution in [2.75, 3.05) is 26.1 Å². The highest BCUT2D eigenvalue weighted by Crippen LogP contribution is 2.47. The quantitative estimate of drug-likeness (QED) is 0.0797. The number of aromatic nitrogens is 2. The molecule has 0 unspecified atom stereocenters. The fraction of sp³-hybridized carbons (Fsp3) is 0.587. The van der Waals surface area contributed by atoms with E-state index in [0.29, 0.717) is 40.2 Å². The Hall–Kier alpha value is -5.25. The molecule has 1 aromatic carbocycles. The Labute approximate surface area is 368 Å². The van der Waals surface area contributed by atoms with Crippen molar-refractivity contribution in [1.29, 1.82) is 0 Å². The monoisotopic (exact) mass is 873 g/mol. The van der Waals surface area contributed by atoms with Crippen LogP contribution in [-0.2, 0) is 28.7 Å². The van der Waals surface area contributed by atoms with E-state index in [1.165, 1.54) is 11.3 Å². The number of nitrogens with zero attached hydrogens (tertiary/aromatic N) is 2. The molecule has 3 saturated carbocycles. The molecule has 0 radical (unpaired) electrons. The number of nitrogens with one attached hydrogen (secondary N) is 5. The zero-order valence-electron chi connectivity index (χ0n) is 37.2.